The van der Waals surface area contributed by atoms with Crippen LogP contribution in [0.25, 0.3) is 22.2 Å². The van der Waals surface area contributed by atoms with Gasteiger partial charge in [0.15, 0.2) is 5.15 Å². The second-order valence-electron chi connectivity index (χ2n) is 9.55. The first kappa shape index (κ1) is 24.1. The Morgan fingerprint density at radius 1 is 1.28 bits per heavy atom. The van der Waals surface area contributed by atoms with Crippen LogP contribution in [0, 0.1) is 0 Å². The quantitative estimate of drug-likeness (QED) is 0.279. The summed E-state index contributed by atoms with van der Waals surface area (Å²) in [6.07, 6.45) is 6.62. The van der Waals surface area contributed by atoms with Crippen LogP contribution in [0.4, 0.5) is 11.6 Å². The minimum atomic E-state index is -0.967. The number of aromatic nitrogens is 5. The maximum atomic E-state index is 11.9. The van der Waals surface area contributed by atoms with Crippen LogP contribution in [0.1, 0.15) is 43.5 Å². The van der Waals surface area contributed by atoms with Gasteiger partial charge in [-0.2, -0.15) is 15.1 Å². The lowest BCUT2D eigenvalue weighted by Gasteiger charge is -2.26. The van der Waals surface area contributed by atoms with E-state index < -0.39 is 5.60 Å². The second kappa shape index (κ2) is 9.44. The molecule has 1 fully saturated rings. The molecular weight excluding hydrogens is 482 g/mol. The van der Waals surface area contributed by atoms with Crippen LogP contribution < -0.4 is 15.4 Å². The van der Waals surface area contributed by atoms with Gasteiger partial charge in [-0.3, -0.25) is 4.79 Å². The Morgan fingerprint density at radius 2 is 2.03 bits per heavy atom. The van der Waals surface area contributed by atoms with Gasteiger partial charge in [-0.05, 0) is 50.8 Å². The van der Waals surface area contributed by atoms with Crippen molar-refractivity contribution in [2.24, 2.45) is 0 Å². The van der Waals surface area contributed by atoms with Crippen molar-refractivity contribution in [1.29, 1.82) is 0 Å². The molecule has 11 heteroatoms. The molecule has 1 aliphatic carbocycles. The zero-order valence-electron chi connectivity index (χ0n) is 20.3. The van der Waals surface area contributed by atoms with Gasteiger partial charge in [-0.25, -0.2) is 4.68 Å². The van der Waals surface area contributed by atoms with Crippen LogP contribution in [0.2, 0.25) is 5.15 Å². The van der Waals surface area contributed by atoms with Gasteiger partial charge >= 0.3 is 0 Å². The summed E-state index contributed by atoms with van der Waals surface area (Å²) < 4.78 is 7.80. The normalized spacial score (nSPS) is 14.0. The topological polar surface area (TPSA) is 130 Å². The van der Waals surface area contributed by atoms with Gasteiger partial charge in [0, 0.05) is 24.4 Å². The number of amides is 1. The lowest BCUT2D eigenvalue weighted by molar-refractivity contribution is 0.0578. The zero-order chi connectivity index (χ0) is 25.4. The summed E-state index contributed by atoms with van der Waals surface area (Å²) in [6, 6.07) is 7.35. The number of hydrogen-bond acceptors (Lipinski definition) is 7. The molecule has 36 heavy (non-hydrogen) atoms. The first-order valence-corrected chi connectivity index (χ1v) is 12.2. The molecule has 1 aliphatic rings. The Hall–Kier alpha value is -3.63. The van der Waals surface area contributed by atoms with E-state index >= 15 is 0 Å². The van der Waals surface area contributed by atoms with Gasteiger partial charge in [0.05, 0.1) is 29.4 Å². The average molecular weight is 510 g/mol. The van der Waals surface area contributed by atoms with Crippen molar-refractivity contribution < 1.29 is 14.6 Å². The molecular formula is C25H28ClN7O3. The fourth-order valence-corrected chi connectivity index (χ4v) is 4.21. The smallest absolute Gasteiger partial charge is 0.251 e. The van der Waals surface area contributed by atoms with E-state index in [1.54, 1.807) is 39.2 Å². The van der Waals surface area contributed by atoms with Crippen LogP contribution in [0.3, 0.4) is 0 Å². The summed E-state index contributed by atoms with van der Waals surface area (Å²) in [7, 11) is 1.61. The molecule has 3 heterocycles. The number of ether oxygens (including phenoxy) is 1. The number of halogens is 1. The fourth-order valence-electron chi connectivity index (χ4n) is 4.01. The molecule has 188 valence electrons. The molecule has 1 saturated carbocycles. The van der Waals surface area contributed by atoms with Crippen molar-refractivity contribution in [3.05, 3.63) is 47.4 Å². The van der Waals surface area contributed by atoms with Gasteiger partial charge in [-0.1, -0.05) is 23.7 Å². The first-order valence-electron chi connectivity index (χ1n) is 11.8. The molecule has 4 aromatic rings. The van der Waals surface area contributed by atoms with Crippen molar-refractivity contribution in [2.75, 3.05) is 12.4 Å². The highest BCUT2D eigenvalue weighted by Crippen LogP contribution is 2.37. The van der Waals surface area contributed by atoms with E-state index in [1.165, 1.54) is 4.68 Å². The largest absolute Gasteiger partial charge is 0.474 e. The van der Waals surface area contributed by atoms with Gasteiger partial charge in [-0.15, -0.1) is 0 Å². The Labute approximate surface area is 213 Å². The monoisotopic (exact) mass is 509 g/mol. The Morgan fingerprint density at radius 3 is 2.67 bits per heavy atom. The van der Waals surface area contributed by atoms with Crippen molar-refractivity contribution in [2.45, 2.75) is 51.4 Å². The highest BCUT2D eigenvalue weighted by atomic mass is 35.5. The van der Waals surface area contributed by atoms with Gasteiger partial charge in [0.2, 0.25) is 11.8 Å². The standard InChI is InChI=1S/C25H28ClN7O3/c1-25(2,35)13-33-20(26)18(12-29-33)30-24-31-21-19(23(32-24)36-16-5-4-6-16)17(11-28-21)14-7-9-15(10-8-14)22(34)27-3/h7-12,16,35H,4-6,13H2,1-3H3,(H,27,34)(H2,28,30,31,32). The third-order valence-corrected chi connectivity index (χ3v) is 6.47. The second-order valence-corrected chi connectivity index (χ2v) is 9.91. The molecule has 1 amide bonds. The van der Waals surface area contributed by atoms with E-state index in [1.807, 2.05) is 18.3 Å². The van der Waals surface area contributed by atoms with E-state index in [9.17, 15) is 9.90 Å². The number of carbonyl (C=O) groups excluding carboxylic acids is 1. The number of aliphatic hydroxyl groups is 1. The number of nitrogens with zero attached hydrogens (tertiary/aromatic N) is 4. The maximum Gasteiger partial charge on any atom is 0.251 e. The van der Waals surface area contributed by atoms with Crippen molar-refractivity contribution in [3.63, 3.8) is 0 Å². The summed E-state index contributed by atoms with van der Waals surface area (Å²) in [5, 5.41) is 21.2. The minimum Gasteiger partial charge on any atom is -0.474 e. The molecule has 1 aromatic carbocycles. The van der Waals surface area contributed by atoms with Crippen molar-refractivity contribution >= 4 is 40.2 Å². The molecule has 0 bridgehead atoms. The highest BCUT2D eigenvalue weighted by Gasteiger charge is 2.25. The van der Waals surface area contributed by atoms with Crippen LogP contribution in [-0.2, 0) is 6.54 Å². The molecule has 5 rings (SSSR count). The molecule has 0 radical (unpaired) electrons. The van der Waals surface area contributed by atoms with Crippen LogP contribution >= 0.6 is 11.6 Å². The molecule has 0 aliphatic heterocycles. The number of fused-ring (bicyclic) bond motifs is 1. The molecule has 0 saturated heterocycles. The zero-order valence-corrected chi connectivity index (χ0v) is 21.1. The maximum absolute atomic E-state index is 11.9. The van der Waals surface area contributed by atoms with E-state index in [4.69, 9.17) is 16.3 Å². The number of carbonyl (C=O) groups is 1. The van der Waals surface area contributed by atoms with Crippen molar-refractivity contribution in [3.8, 4) is 17.0 Å². The van der Waals surface area contributed by atoms with Gasteiger partial charge < -0.3 is 25.5 Å². The molecule has 0 atom stereocenters. The lowest BCUT2D eigenvalue weighted by atomic mass is 9.96. The van der Waals surface area contributed by atoms with E-state index in [0.717, 1.165) is 35.8 Å². The van der Waals surface area contributed by atoms with Crippen LogP contribution in [-0.4, -0.2) is 54.5 Å². The molecule has 3 aromatic heterocycles. The molecule has 10 nitrogen and oxygen atoms in total. The Bertz CT molecular complexity index is 1400. The SMILES string of the molecule is CNC(=O)c1ccc(-c2c[nH]c3nc(Nc4cnn(CC(C)(C)O)c4Cl)nc(OC4CCC4)c23)cc1. The predicted molar refractivity (Wildman–Crippen MR) is 138 cm³/mol. The lowest BCUT2D eigenvalue weighted by Crippen LogP contribution is -2.26. The van der Waals surface area contributed by atoms with Gasteiger partial charge in [0.1, 0.15) is 11.8 Å². The Kier molecular flexibility index (Phi) is 6.31. The van der Waals surface area contributed by atoms with E-state index in [-0.39, 0.29) is 18.6 Å². The first-order chi connectivity index (χ1) is 17.2. The third-order valence-electron chi connectivity index (χ3n) is 6.07. The summed E-state index contributed by atoms with van der Waals surface area (Å²) in [6.45, 7) is 3.62. The Balaban J connectivity index is 1.51. The molecule has 0 unspecified atom stereocenters. The van der Waals surface area contributed by atoms with Crippen molar-refractivity contribution in [1.82, 2.24) is 30.0 Å². The summed E-state index contributed by atoms with van der Waals surface area (Å²) in [5.41, 5.74) is 2.53. The summed E-state index contributed by atoms with van der Waals surface area (Å²) in [5.74, 6) is 0.641. The number of hydrogen-bond donors (Lipinski definition) is 4. The highest BCUT2D eigenvalue weighted by molar-refractivity contribution is 6.32. The number of H-pyrrole nitrogens is 1. The molecule has 4 N–H and O–H groups in total. The van der Waals surface area contributed by atoms with Crippen LogP contribution in [0.15, 0.2) is 36.7 Å². The number of benzene rings is 1. The number of nitrogens with one attached hydrogen (secondary N) is 3. The van der Waals surface area contributed by atoms with E-state index in [0.29, 0.717) is 33.9 Å². The summed E-state index contributed by atoms with van der Waals surface area (Å²) >= 11 is 6.49. The number of anilines is 2. The summed E-state index contributed by atoms with van der Waals surface area (Å²) in [4.78, 5) is 24.5. The third kappa shape index (κ3) is 4.87. The predicted octanol–water partition coefficient (Wildman–Crippen LogP) is 4.28. The van der Waals surface area contributed by atoms with E-state index in [2.05, 4.69) is 30.7 Å². The minimum absolute atomic E-state index is 0.104. The number of aromatic amines is 1. The average Bonchev–Trinajstić information content (AvgIpc) is 3.39. The van der Waals surface area contributed by atoms with Crippen LogP contribution in [0.5, 0.6) is 5.88 Å². The van der Waals surface area contributed by atoms with Gasteiger partial charge in [0.25, 0.3) is 5.91 Å². The number of rotatable bonds is 8. The fraction of sp³-hybridized carbons (Fsp3) is 0.360. The molecule has 0 spiro atoms.